The Hall–Kier alpha value is -1.65. The van der Waals surface area contributed by atoms with E-state index in [2.05, 4.69) is 5.14 Å². The summed E-state index contributed by atoms with van der Waals surface area (Å²) in [5, 5.41) is 4.52. The summed E-state index contributed by atoms with van der Waals surface area (Å²) in [5.41, 5.74) is 0.836. The van der Waals surface area contributed by atoms with E-state index in [4.69, 9.17) is 0 Å². The molecule has 2 amide bonds. The van der Waals surface area contributed by atoms with Gasteiger partial charge in [0, 0.05) is 0 Å². The largest absolute Gasteiger partial charge is 0.343 e. The molecule has 1 aromatic rings. The van der Waals surface area contributed by atoms with Crippen LogP contribution in [-0.2, 0) is 20.2 Å². The van der Waals surface area contributed by atoms with Crippen LogP contribution in [0.15, 0.2) is 29.2 Å². The van der Waals surface area contributed by atoms with Crippen molar-refractivity contribution in [3.8, 4) is 0 Å². The number of hydrogen-bond acceptors (Lipinski definition) is 5. The molecule has 100 valence electrons. The van der Waals surface area contributed by atoms with Crippen molar-refractivity contribution >= 4 is 26.3 Å². The number of hydrogen-bond donors (Lipinski definition) is 3. The highest BCUT2D eigenvalue weighted by atomic mass is 32.2. The van der Waals surface area contributed by atoms with Crippen LogP contribution in [0.25, 0.3) is 0 Å². The van der Waals surface area contributed by atoms with Crippen LogP contribution >= 0.6 is 0 Å². The zero-order valence-corrected chi connectivity index (χ0v) is 10.9. The zero-order valence-electron chi connectivity index (χ0n) is 9.24. The monoisotopic (exact) mass is 293 g/mol. The third kappa shape index (κ3) is 4.31. The van der Waals surface area contributed by atoms with Gasteiger partial charge in [0.1, 0.15) is 0 Å². The lowest BCUT2D eigenvalue weighted by Gasteiger charge is -2.07. The van der Waals surface area contributed by atoms with Gasteiger partial charge in [0.2, 0.25) is 0 Å². The Morgan fingerprint density at radius 3 is 2.00 bits per heavy atom. The number of urea groups is 1. The van der Waals surface area contributed by atoms with Gasteiger partial charge >= 0.3 is 6.03 Å². The molecule has 0 fully saturated rings. The molecule has 0 aromatic heterocycles. The molecule has 18 heavy (non-hydrogen) atoms. The number of nitrogens with one attached hydrogen (secondary N) is 2. The summed E-state index contributed by atoms with van der Waals surface area (Å²) in [5.74, 6) is 0. The third-order valence-corrected chi connectivity index (χ3v) is 3.61. The highest BCUT2D eigenvalue weighted by molar-refractivity contribution is 7.90. The highest BCUT2D eigenvalue weighted by Gasteiger charge is 2.19. The van der Waals surface area contributed by atoms with Crippen LogP contribution in [0.5, 0.6) is 0 Å². The summed E-state index contributed by atoms with van der Waals surface area (Å²) < 4.78 is 47.1. The van der Waals surface area contributed by atoms with Crippen LogP contribution < -0.4 is 14.6 Å². The SMILES string of the molecule is Cc1ccc(S(=O)(=O)NC(=O)NS(N)(=O)=O)cc1. The Labute approximate surface area is 104 Å². The van der Waals surface area contributed by atoms with E-state index in [1.165, 1.54) is 33.7 Å². The summed E-state index contributed by atoms with van der Waals surface area (Å²) in [6, 6.07) is 4.18. The second-order valence-corrected chi connectivity index (χ2v) is 6.37. The predicted molar refractivity (Wildman–Crippen MR) is 63.1 cm³/mol. The zero-order chi connectivity index (χ0) is 14.0. The molecule has 0 aliphatic heterocycles. The van der Waals surface area contributed by atoms with Gasteiger partial charge in [-0.3, -0.25) is 0 Å². The van der Waals surface area contributed by atoms with Crippen molar-refractivity contribution in [3.63, 3.8) is 0 Å². The van der Waals surface area contributed by atoms with Crippen LogP contribution in [-0.4, -0.2) is 22.9 Å². The summed E-state index contributed by atoms with van der Waals surface area (Å²) in [6.45, 7) is 1.76. The van der Waals surface area contributed by atoms with Crippen molar-refractivity contribution in [1.82, 2.24) is 9.44 Å². The van der Waals surface area contributed by atoms with Crippen molar-refractivity contribution in [1.29, 1.82) is 0 Å². The van der Waals surface area contributed by atoms with E-state index in [-0.39, 0.29) is 4.90 Å². The molecule has 0 aliphatic carbocycles. The first-order valence-corrected chi connectivity index (χ1v) is 7.57. The number of aryl methyl sites for hydroxylation is 1. The number of amides is 2. The highest BCUT2D eigenvalue weighted by Crippen LogP contribution is 2.09. The van der Waals surface area contributed by atoms with Crippen molar-refractivity contribution in [2.75, 3.05) is 0 Å². The number of carbonyl (C=O) groups is 1. The van der Waals surface area contributed by atoms with Crippen molar-refractivity contribution in [2.24, 2.45) is 5.14 Å². The summed E-state index contributed by atoms with van der Waals surface area (Å²) in [7, 11) is -8.44. The van der Waals surface area contributed by atoms with Crippen molar-refractivity contribution in [3.05, 3.63) is 29.8 Å². The van der Waals surface area contributed by atoms with Gasteiger partial charge in [-0.25, -0.2) is 27.8 Å². The maximum absolute atomic E-state index is 11.6. The van der Waals surface area contributed by atoms with E-state index in [0.29, 0.717) is 0 Å². The van der Waals surface area contributed by atoms with E-state index in [0.717, 1.165) is 5.56 Å². The summed E-state index contributed by atoms with van der Waals surface area (Å²) >= 11 is 0. The smallest absolute Gasteiger partial charge is 0.247 e. The molecular weight excluding hydrogens is 282 g/mol. The van der Waals surface area contributed by atoms with Crippen molar-refractivity contribution < 1.29 is 21.6 Å². The first kappa shape index (κ1) is 14.4. The molecule has 0 spiro atoms. The molecule has 4 N–H and O–H groups in total. The van der Waals surface area contributed by atoms with Gasteiger partial charge in [-0.2, -0.15) is 8.42 Å². The minimum absolute atomic E-state index is 0.169. The third-order valence-electron chi connectivity index (χ3n) is 1.79. The number of nitrogens with two attached hydrogens (primary N) is 1. The van der Waals surface area contributed by atoms with Gasteiger partial charge in [-0.05, 0) is 19.1 Å². The molecule has 0 radical (unpaired) electrons. The van der Waals surface area contributed by atoms with Crippen LogP contribution in [0, 0.1) is 6.92 Å². The maximum Gasteiger partial charge on any atom is 0.343 e. The fourth-order valence-electron chi connectivity index (χ4n) is 1.05. The van der Waals surface area contributed by atoms with E-state index < -0.39 is 26.3 Å². The molecule has 1 aromatic carbocycles. The van der Waals surface area contributed by atoms with Crippen LogP contribution in [0.1, 0.15) is 5.56 Å². The Bertz CT molecular complexity index is 648. The molecule has 8 nitrogen and oxygen atoms in total. The first-order chi connectivity index (χ1) is 8.10. The Morgan fingerprint density at radius 1 is 1.06 bits per heavy atom. The van der Waals surface area contributed by atoms with Gasteiger partial charge in [0.15, 0.2) is 0 Å². The molecule has 0 unspecified atom stereocenters. The lowest BCUT2D eigenvalue weighted by atomic mass is 10.2. The van der Waals surface area contributed by atoms with E-state index in [9.17, 15) is 21.6 Å². The minimum atomic E-state index is -4.31. The quantitative estimate of drug-likeness (QED) is 0.669. The molecule has 0 atom stereocenters. The molecule has 1 rings (SSSR count). The fourth-order valence-corrected chi connectivity index (χ4v) is 2.33. The molecule has 10 heteroatoms. The standard InChI is InChI=1S/C8H11N3O5S2/c1-6-2-4-7(5-3-6)17(13,14)10-8(12)11-18(9,15)16/h2-5H,1H3,(H2,9,15,16)(H2,10,11,12). The van der Waals surface area contributed by atoms with Gasteiger partial charge in [-0.15, -0.1) is 0 Å². The molecular formula is C8H11N3O5S2. The average molecular weight is 293 g/mol. The lowest BCUT2D eigenvalue weighted by Crippen LogP contribution is -2.44. The number of benzene rings is 1. The Morgan fingerprint density at radius 2 is 1.56 bits per heavy atom. The normalized spacial score (nSPS) is 11.9. The predicted octanol–water partition coefficient (Wildman–Crippen LogP) is -0.814. The summed E-state index contributed by atoms with van der Waals surface area (Å²) in [6.07, 6.45) is 0. The molecule has 0 heterocycles. The number of carbonyl (C=O) groups excluding carboxylic acids is 1. The number of sulfonamides is 1. The van der Waals surface area contributed by atoms with Crippen molar-refractivity contribution in [2.45, 2.75) is 11.8 Å². The second kappa shape index (κ2) is 4.92. The van der Waals surface area contributed by atoms with Gasteiger partial charge < -0.3 is 0 Å². The minimum Gasteiger partial charge on any atom is -0.247 e. The number of rotatable bonds is 3. The van der Waals surface area contributed by atoms with Gasteiger partial charge in [0.25, 0.3) is 20.2 Å². The molecule has 0 saturated heterocycles. The van der Waals surface area contributed by atoms with Crippen LogP contribution in [0.2, 0.25) is 0 Å². The van der Waals surface area contributed by atoms with Gasteiger partial charge in [-0.1, -0.05) is 17.7 Å². The van der Waals surface area contributed by atoms with E-state index in [1.54, 1.807) is 6.92 Å². The second-order valence-electron chi connectivity index (χ2n) is 3.39. The average Bonchev–Trinajstić information content (AvgIpc) is 2.13. The maximum atomic E-state index is 11.6. The molecule has 0 saturated carbocycles. The Balaban J connectivity index is 2.89. The van der Waals surface area contributed by atoms with E-state index >= 15 is 0 Å². The summed E-state index contributed by atoms with van der Waals surface area (Å²) in [4.78, 5) is 10.9. The Kier molecular flexibility index (Phi) is 3.94. The lowest BCUT2D eigenvalue weighted by molar-refractivity contribution is 0.250. The van der Waals surface area contributed by atoms with Gasteiger partial charge in [0.05, 0.1) is 4.90 Å². The van der Waals surface area contributed by atoms with Crippen LogP contribution in [0.4, 0.5) is 4.79 Å². The van der Waals surface area contributed by atoms with E-state index in [1.807, 2.05) is 0 Å². The molecule has 0 aliphatic rings. The van der Waals surface area contributed by atoms with Crippen LogP contribution in [0.3, 0.4) is 0 Å². The fraction of sp³-hybridized carbons (Fsp3) is 0.125. The first-order valence-electron chi connectivity index (χ1n) is 4.54. The topological polar surface area (TPSA) is 135 Å². The molecule has 0 bridgehead atoms.